The van der Waals surface area contributed by atoms with Gasteiger partial charge < -0.3 is 10.2 Å². The maximum absolute atomic E-state index is 12.9. The summed E-state index contributed by atoms with van der Waals surface area (Å²) in [5.41, 5.74) is 1.78. The summed E-state index contributed by atoms with van der Waals surface area (Å²) < 4.78 is 2.49. The van der Waals surface area contributed by atoms with E-state index in [1.165, 1.54) is 11.0 Å². The molecule has 1 fully saturated rings. The summed E-state index contributed by atoms with van der Waals surface area (Å²) in [6.45, 7) is 3.17. The van der Waals surface area contributed by atoms with Gasteiger partial charge in [0.2, 0.25) is 11.7 Å². The molecule has 8 nitrogen and oxygen atoms in total. The van der Waals surface area contributed by atoms with Crippen LogP contribution >= 0.6 is 0 Å². The van der Waals surface area contributed by atoms with Crippen LogP contribution in [-0.2, 0) is 24.4 Å². The molecule has 0 radical (unpaired) electrons. The van der Waals surface area contributed by atoms with Crippen LogP contribution in [0.1, 0.15) is 53.8 Å². The predicted molar refractivity (Wildman–Crippen MR) is 107 cm³/mol. The number of nitrogens with one attached hydrogen (secondary N) is 1. The van der Waals surface area contributed by atoms with Crippen LogP contribution in [0.4, 0.5) is 0 Å². The lowest BCUT2D eigenvalue weighted by atomic mass is 9.95. The summed E-state index contributed by atoms with van der Waals surface area (Å²) in [4.78, 5) is 39.5. The number of nitrogens with zero attached hydrogens (tertiary/aromatic N) is 4. The van der Waals surface area contributed by atoms with Crippen molar-refractivity contribution in [2.75, 3.05) is 6.54 Å². The number of benzene rings is 1. The maximum atomic E-state index is 12.9. The molecule has 2 heterocycles. The van der Waals surface area contributed by atoms with Gasteiger partial charge >= 0.3 is 5.69 Å². The van der Waals surface area contributed by atoms with Crippen LogP contribution in [0.3, 0.4) is 0 Å². The van der Waals surface area contributed by atoms with Crippen LogP contribution < -0.4 is 11.0 Å². The van der Waals surface area contributed by atoms with Gasteiger partial charge in [0, 0.05) is 25.7 Å². The van der Waals surface area contributed by atoms with E-state index in [9.17, 15) is 14.4 Å². The Hall–Kier alpha value is -2.90. The Balaban J connectivity index is 1.45. The van der Waals surface area contributed by atoms with Gasteiger partial charge in [0.25, 0.3) is 5.91 Å². The first-order chi connectivity index (χ1) is 14.0. The molecule has 2 aromatic rings. The smallest absolute Gasteiger partial charge is 0.346 e. The van der Waals surface area contributed by atoms with Crippen LogP contribution in [0, 0.1) is 6.92 Å². The van der Waals surface area contributed by atoms with Crippen LogP contribution in [0.2, 0.25) is 0 Å². The van der Waals surface area contributed by atoms with Crippen LogP contribution in [-0.4, -0.2) is 43.6 Å². The monoisotopic (exact) mass is 397 g/mol. The van der Waals surface area contributed by atoms with Gasteiger partial charge in [-0.3, -0.25) is 14.2 Å². The summed E-state index contributed by atoms with van der Waals surface area (Å²) >= 11 is 0. The van der Waals surface area contributed by atoms with Crippen LogP contribution in [0.5, 0.6) is 0 Å². The molecule has 0 atom stereocenters. The molecule has 8 heteroatoms. The van der Waals surface area contributed by atoms with Crippen LogP contribution in [0.25, 0.3) is 0 Å². The summed E-state index contributed by atoms with van der Waals surface area (Å²) in [6.07, 6.45) is 5.41. The molecule has 0 unspecified atom stereocenters. The van der Waals surface area contributed by atoms with Gasteiger partial charge in [0.05, 0.1) is 0 Å². The second-order valence-corrected chi connectivity index (χ2v) is 8.03. The zero-order valence-corrected chi connectivity index (χ0v) is 16.8. The largest absolute Gasteiger partial charge is 0.352 e. The molecule has 0 saturated heterocycles. The highest BCUT2D eigenvalue weighted by Crippen LogP contribution is 2.17. The number of aryl methyl sites for hydroxylation is 1. The van der Waals surface area contributed by atoms with Gasteiger partial charge in [0.15, 0.2) is 0 Å². The highest BCUT2D eigenvalue weighted by Gasteiger charge is 2.30. The van der Waals surface area contributed by atoms with Crippen molar-refractivity contribution in [2.45, 2.75) is 64.7 Å². The normalized spacial score (nSPS) is 17.3. The fraction of sp³-hybridized carbons (Fsp3) is 0.524. The zero-order chi connectivity index (χ0) is 20.4. The van der Waals surface area contributed by atoms with Crippen molar-refractivity contribution in [1.82, 2.24) is 24.6 Å². The zero-order valence-electron chi connectivity index (χ0n) is 16.8. The summed E-state index contributed by atoms with van der Waals surface area (Å²) in [5.74, 6) is -0.390. The third-order valence-electron chi connectivity index (χ3n) is 5.71. The number of amides is 2. The minimum absolute atomic E-state index is 0.111. The highest BCUT2D eigenvalue weighted by atomic mass is 16.2. The van der Waals surface area contributed by atoms with E-state index in [4.69, 9.17) is 0 Å². The first-order valence-electron chi connectivity index (χ1n) is 10.3. The summed E-state index contributed by atoms with van der Waals surface area (Å²) in [6, 6.07) is 8.18. The standard InChI is InChI=1S/C21H27N5O3/c1-15-6-5-7-16(12-15)13-24-10-11-25-19(20(24)28)23-26(21(25)29)14-18(27)22-17-8-3-2-4-9-17/h5-7,12,17H,2-4,8-11,13-14H2,1H3,(H,22,27). The van der Waals surface area contributed by atoms with Crippen molar-refractivity contribution >= 4 is 11.8 Å². The summed E-state index contributed by atoms with van der Waals surface area (Å²) in [7, 11) is 0. The fourth-order valence-electron chi connectivity index (χ4n) is 4.21. The van der Waals surface area contributed by atoms with E-state index in [1.54, 1.807) is 4.90 Å². The Kier molecular flexibility index (Phi) is 5.51. The second kappa shape index (κ2) is 8.23. The third-order valence-corrected chi connectivity index (χ3v) is 5.71. The molecule has 2 aliphatic rings. The van der Waals surface area contributed by atoms with Crippen molar-refractivity contribution in [1.29, 1.82) is 0 Å². The third kappa shape index (κ3) is 4.26. The van der Waals surface area contributed by atoms with E-state index in [0.29, 0.717) is 19.6 Å². The molecule has 154 valence electrons. The van der Waals surface area contributed by atoms with Crippen molar-refractivity contribution in [3.63, 3.8) is 0 Å². The first kappa shape index (κ1) is 19.4. The molecule has 1 aromatic heterocycles. The van der Waals surface area contributed by atoms with Gasteiger partial charge in [0.1, 0.15) is 6.54 Å². The van der Waals surface area contributed by atoms with Gasteiger partial charge in [-0.05, 0) is 25.3 Å². The number of carbonyl (C=O) groups excluding carboxylic acids is 2. The molecule has 1 N–H and O–H groups in total. The number of hydrogen-bond acceptors (Lipinski definition) is 4. The molecular formula is C21H27N5O3. The lowest BCUT2D eigenvalue weighted by Crippen LogP contribution is -2.43. The Bertz CT molecular complexity index is 971. The lowest BCUT2D eigenvalue weighted by molar-refractivity contribution is -0.122. The minimum atomic E-state index is -0.401. The number of fused-ring (bicyclic) bond motifs is 1. The molecule has 1 aliphatic heterocycles. The Morgan fingerprint density at radius 2 is 1.97 bits per heavy atom. The SMILES string of the molecule is Cc1cccc(CN2CCn3c(nn(CC(=O)NC4CCCCC4)c3=O)C2=O)c1. The van der Waals surface area contributed by atoms with E-state index < -0.39 is 5.69 Å². The summed E-state index contributed by atoms with van der Waals surface area (Å²) in [5, 5.41) is 7.18. The minimum Gasteiger partial charge on any atom is -0.352 e. The van der Waals surface area contributed by atoms with Gasteiger partial charge in [-0.25, -0.2) is 9.48 Å². The maximum Gasteiger partial charge on any atom is 0.346 e. The average Bonchev–Trinajstić information content (AvgIpc) is 3.01. The van der Waals surface area contributed by atoms with E-state index >= 15 is 0 Å². The number of carbonyl (C=O) groups is 2. The van der Waals surface area contributed by atoms with Crippen molar-refractivity contribution < 1.29 is 9.59 Å². The second-order valence-electron chi connectivity index (χ2n) is 8.03. The molecule has 1 aliphatic carbocycles. The highest BCUT2D eigenvalue weighted by molar-refractivity contribution is 5.91. The first-order valence-corrected chi connectivity index (χ1v) is 10.3. The van der Waals surface area contributed by atoms with E-state index in [1.807, 2.05) is 31.2 Å². The Morgan fingerprint density at radius 1 is 1.17 bits per heavy atom. The number of aromatic nitrogens is 3. The lowest BCUT2D eigenvalue weighted by Gasteiger charge is -2.26. The Labute approximate surface area is 169 Å². The van der Waals surface area contributed by atoms with Gasteiger partial charge in [-0.15, -0.1) is 5.10 Å². The van der Waals surface area contributed by atoms with Crippen molar-refractivity contribution in [3.8, 4) is 0 Å². The predicted octanol–water partition coefficient (Wildman–Crippen LogP) is 1.46. The molecule has 1 aromatic carbocycles. The molecule has 4 rings (SSSR count). The van der Waals surface area contributed by atoms with Crippen molar-refractivity contribution in [3.05, 3.63) is 51.7 Å². The van der Waals surface area contributed by atoms with E-state index in [0.717, 1.165) is 41.5 Å². The molecule has 0 bridgehead atoms. The number of hydrogen-bond donors (Lipinski definition) is 1. The molecule has 1 saturated carbocycles. The average molecular weight is 397 g/mol. The Morgan fingerprint density at radius 3 is 2.72 bits per heavy atom. The molecular weight excluding hydrogens is 370 g/mol. The van der Waals surface area contributed by atoms with E-state index in [-0.39, 0.29) is 30.2 Å². The van der Waals surface area contributed by atoms with Gasteiger partial charge in [-0.1, -0.05) is 49.1 Å². The van der Waals surface area contributed by atoms with E-state index in [2.05, 4.69) is 10.4 Å². The van der Waals surface area contributed by atoms with Crippen molar-refractivity contribution in [2.24, 2.45) is 0 Å². The number of rotatable bonds is 5. The quantitative estimate of drug-likeness (QED) is 0.827. The molecule has 29 heavy (non-hydrogen) atoms. The molecule has 2 amide bonds. The van der Waals surface area contributed by atoms with Crippen LogP contribution in [0.15, 0.2) is 29.1 Å². The topological polar surface area (TPSA) is 89.2 Å². The fourth-order valence-corrected chi connectivity index (χ4v) is 4.21. The molecule has 0 spiro atoms. The van der Waals surface area contributed by atoms with Gasteiger partial charge in [-0.2, -0.15) is 0 Å².